The molecule has 20 heavy (non-hydrogen) atoms. The minimum atomic E-state index is -0.209. The average molecular weight is 272 g/mol. The molecule has 0 amide bonds. The second-order valence-electron chi connectivity index (χ2n) is 4.78. The highest BCUT2D eigenvalue weighted by atomic mass is 16.5. The molecule has 0 aliphatic heterocycles. The molecule has 106 valence electrons. The number of ether oxygens (including phenoxy) is 1. The standard InChI is InChI=1S/C16H20N2O2/c1-3-10-18(12-16(19)20-2)11-14-9-8-13-6-4-5-7-15(13)17-14/h4-9H,3,10-12H2,1-2H3. The summed E-state index contributed by atoms with van der Waals surface area (Å²) in [6.45, 7) is 3.91. The van der Waals surface area contributed by atoms with Crippen LogP contribution in [0.25, 0.3) is 10.9 Å². The molecule has 0 radical (unpaired) electrons. The van der Waals surface area contributed by atoms with Crippen molar-refractivity contribution in [1.82, 2.24) is 9.88 Å². The predicted octanol–water partition coefficient (Wildman–Crippen LogP) is 2.62. The van der Waals surface area contributed by atoms with E-state index in [2.05, 4.69) is 22.9 Å². The van der Waals surface area contributed by atoms with Gasteiger partial charge in [-0.05, 0) is 25.1 Å². The number of hydrogen-bond donors (Lipinski definition) is 0. The molecule has 4 heteroatoms. The molecule has 0 saturated carbocycles. The Morgan fingerprint density at radius 1 is 1.25 bits per heavy atom. The summed E-state index contributed by atoms with van der Waals surface area (Å²) < 4.78 is 4.73. The lowest BCUT2D eigenvalue weighted by atomic mass is 10.2. The smallest absolute Gasteiger partial charge is 0.319 e. The van der Waals surface area contributed by atoms with Crippen LogP contribution in [0.4, 0.5) is 0 Å². The Hall–Kier alpha value is -1.94. The molecule has 0 unspecified atom stereocenters. The molecule has 1 aromatic carbocycles. The summed E-state index contributed by atoms with van der Waals surface area (Å²) in [5.41, 5.74) is 1.96. The summed E-state index contributed by atoms with van der Waals surface area (Å²) in [7, 11) is 1.42. The molecule has 0 spiro atoms. The summed E-state index contributed by atoms with van der Waals surface area (Å²) in [6, 6.07) is 12.1. The number of pyridine rings is 1. The lowest BCUT2D eigenvalue weighted by Gasteiger charge is -2.19. The maximum absolute atomic E-state index is 11.4. The van der Waals surface area contributed by atoms with Crippen LogP contribution in [0.15, 0.2) is 36.4 Å². The fourth-order valence-corrected chi connectivity index (χ4v) is 2.20. The van der Waals surface area contributed by atoms with Crippen LogP contribution in [0.1, 0.15) is 19.0 Å². The average Bonchev–Trinajstić information content (AvgIpc) is 2.47. The van der Waals surface area contributed by atoms with E-state index in [1.807, 2.05) is 30.3 Å². The van der Waals surface area contributed by atoms with Crippen LogP contribution >= 0.6 is 0 Å². The number of nitrogens with zero attached hydrogens (tertiary/aromatic N) is 2. The lowest BCUT2D eigenvalue weighted by molar-refractivity contribution is -0.142. The highest BCUT2D eigenvalue weighted by Crippen LogP contribution is 2.13. The zero-order valence-electron chi connectivity index (χ0n) is 12.0. The Kier molecular flexibility index (Phi) is 5.07. The van der Waals surface area contributed by atoms with Crippen LogP contribution in [-0.2, 0) is 16.1 Å². The number of carbonyl (C=O) groups is 1. The first-order valence-corrected chi connectivity index (χ1v) is 6.86. The SMILES string of the molecule is CCCN(CC(=O)OC)Cc1ccc2ccccc2n1. The van der Waals surface area contributed by atoms with Gasteiger partial charge >= 0.3 is 5.97 Å². The number of esters is 1. The van der Waals surface area contributed by atoms with E-state index in [9.17, 15) is 4.79 Å². The number of carbonyl (C=O) groups excluding carboxylic acids is 1. The van der Waals surface area contributed by atoms with E-state index in [0.717, 1.165) is 29.6 Å². The zero-order valence-corrected chi connectivity index (χ0v) is 12.0. The highest BCUT2D eigenvalue weighted by molar-refractivity contribution is 5.78. The van der Waals surface area contributed by atoms with Crippen LogP contribution in [0, 0.1) is 0 Å². The van der Waals surface area contributed by atoms with Gasteiger partial charge in [0.05, 0.1) is 24.9 Å². The number of rotatable bonds is 6. The van der Waals surface area contributed by atoms with Crippen LogP contribution in [0.2, 0.25) is 0 Å². The molecule has 1 aromatic heterocycles. The minimum absolute atomic E-state index is 0.209. The quantitative estimate of drug-likeness (QED) is 0.758. The summed E-state index contributed by atoms with van der Waals surface area (Å²) >= 11 is 0. The van der Waals surface area contributed by atoms with E-state index >= 15 is 0 Å². The normalized spacial score (nSPS) is 10.9. The van der Waals surface area contributed by atoms with Gasteiger partial charge in [-0.25, -0.2) is 0 Å². The summed E-state index contributed by atoms with van der Waals surface area (Å²) in [4.78, 5) is 18.1. The van der Waals surface area contributed by atoms with E-state index in [1.165, 1.54) is 7.11 Å². The van der Waals surface area contributed by atoms with Crippen LogP contribution < -0.4 is 0 Å². The van der Waals surface area contributed by atoms with E-state index in [-0.39, 0.29) is 5.97 Å². The first kappa shape index (κ1) is 14.5. The molecule has 0 atom stereocenters. The fraction of sp³-hybridized carbons (Fsp3) is 0.375. The van der Waals surface area contributed by atoms with Gasteiger partial charge in [0.25, 0.3) is 0 Å². The molecular formula is C16H20N2O2. The van der Waals surface area contributed by atoms with Crippen molar-refractivity contribution < 1.29 is 9.53 Å². The third-order valence-corrected chi connectivity index (χ3v) is 3.16. The number of methoxy groups -OCH3 is 1. The van der Waals surface area contributed by atoms with Crippen molar-refractivity contribution in [3.63, 3.8) is 0 Å². The Bertz CT molecular complexity index is 583. The number of benzene rings is 1. The van der Waals surface area contributed by atoms with Crippen molar-refractivity contribution in [1.29, 1.82) is 0 Å². The van der Waals surface area contributed by atoms with Crippen molar-refractivity contribution >= 4 is 16.9 Å². The van der Waals surface area contributed by atoms with Gasteiger partial charge < -0.3 is 4.74 Å². The second-order valence-corrected chi connectivity index (χ2v) is 4.78. The van der Waals surface area contributed by atoms with Crippen molar-refractivity contribution in [2.75, 3.05) is 20.2 Å². The summed E-state index contributed by atoms with van der Waals surface area (Å²) in [6.07, 6.45) is 0.991. The molecule has 0 bridgehead atoms. The zero-order chi connectivity index (χ0) is 14.4. The maximum Gasteiger partial charge on any atom is 0.319 e. The van der Waals surface area contributed by atoms with Crippen molar-refractivity contribution in [3.8, 4) is 0 Å². The van der Waals surface area contributed by atoms with E-state index in [1.54, 1.807) is 0 Å². The Labute approximate surface area is 119 Å². The first-order chi connectivity index (χ1) is 9.72. The van der Waals surface area contributed by atoms with Gasteiger partial charge in [-0.1, -0.05) is 31.2 Å². The van der Waals surface area contributed by atoms with Gasteiger partial charge in [0.2, 0.25) is 0 Å². The number of fused-ring (bicyclic) bond motifs is 1. The Morgan fingerprint density at radius 3 is 2.80 bits per heavy atom. The number of hydrogen-bond acceptors (Lipinski definition) is 4. The molecule has 0 aliphatic carbocycles. The second kappa shape index (κ2) is 7.01. The molecular weight excluding hydrogens is 252 g/mol. The molecule has 0 aliphatic rings. The molecule has 2 rings (SSSR count). The maximum atomic E-state index is 11.4. The molecule has 2 aromatic rings. The van der Waals surface area contributed by atoms with Crippen molar-refractivity contribution in [2.24, 2.45) is 0 Å². The van der Waals surface area contributed by atoms with Gasteiger partial charge in [-0.15, -0.1) is 0 Å². The summed E-state index contributed by atoms with van der Waals surface area (Å²) in [5, 5.41) is 1.13. The van der Waals surface area contributed by atoms with Crippen LogP contribution in [0.3, 0.4) is 0 Å². The van der Waals surface area contributed by atoms with Gasteiger partial charge in [-0.3, -0.25) is 14.7 Å². The summed E-state index contributed by atoms with van der Waals surface area (Å²) in [5.74, 6) is -0.209. The van der Waals surface area contributed by atoms with Gasteiger partial charge in [0, 0.05) is 11.9 Å². The van der Waals surface area contributed by atoms with Gasteiger partial charge in [0.15, 0.2) is 0 Å². The lowest BCUT2D eigenvalue weighted by Crippen LogP contribution is -2.31. The molecule has 0 saturated heterocycles. The number of aromatic nitrogens is 1. The van der Waals surface area contributed by atoms with Crippen molar-refractivity contribution in [2.45, 2.75) is 19.9 Å². The highest BCUT2D eigenvalue weighted by Gasteiger charge is 2.11. The molecule has 1 heterocycles. The monoisotopic (exact) mass is 272 g/mol. The molecule has 0 N–H and O–H groups in total. The third-order valence-electron chi connectivity index (χ3n) is 3.16. The molecule has 4 nitrogen and oxygen atoms in total. The minimum Gasteiger partial charge on any atom is -0.468 e. The van der Waals surface area contributed by atoms with Crippen LogP contribution in [-0.4, -0.2) is 36.1 Å². The fourth-order valence-electron chi connectivity index (χ4n) is 2.20. The topological polar surface area (TPSA) is 42.4 Å². The largest absolute Gasteiger partial charge is 0.468 e. The van der Waals surface area contributed by atoms with Crippen LogP contribution in [0.5, 0.6) is 0 Å². The Balaban J connectivity index is 2.12. The van der Waals surface area contributed by atoms with E-state index < -0.39 is 0 Å². The molecule has 0 fully saturated rings. The van der Waals surface area contributed by atoms with E-state index in [4.69, 9.17) is 4.74 Å². The van der Waals surface area contributed by atoms with E-state index in [0.29, 0.717) is 13.1 Å². The third kappa shape index (κ3) is 3.78. The Morgan fingerprint density at radius 2 is 2.05 bits per heavy atom. The first-order valence-electron chi connectivity index (χ1n) is 6.86. The van der Waals surface area contributed by atoms with Gasteiger partial charge in [-0.2, -0.15) is 0 Å². The predicted molar refractivity (Wildman–Crippen MR) is 79.3 cm³/mol. The van der Waals surface area contributed by atoms with Gasteiger partial charge in [0.1, 0.15) is 0 Å². The van der Waals surface area contributed by atoms with Crippen molar-refractivity contribution in [3.05, 3.63) is 42.1 Å². The number of para-hydroxylation sites is 1.